The summed E-state index contributed by atoms with van der Waals surface area (Å²) in [6.45, 7) is -0.204. The molecule has 0 bridgehead atoms. The number of hydrogen-bond donors (Lipinski definition) is 1. The summed E-state index contributed by atoms with van der Waals surface area (Å²) in [7, 11) is 1.73. The lowest BCUT2D eigenvalue weighted by atomic mass is 10.2. The van der Waals surface area contributed by atoms with Crippen molar-refractivity contribution in [3.63, 3.8) is 0 Å². The minimum atomic E-state index is -0.730. The average molecular weight is 338 g/mol. The Hall–Kier alpha value is -2.26. The Labute approximate surface area is 134 Å². The number of oxazole rings is 1. The Morgan fingerprint density at radius 2 is 2.00 bits per heavy atom. The van der Waals surface area contributed by atoms with E-state index in [0.29, 0.717) is 22.4 Å². The van der Waals surface area contributed by atoms with Crippen LogP contribution in [-0.4, -0.2) is 24.9 Å². The first-order valence-corrected chi connectivity index (χ1v) is 7.59. The second kappa shape index (κ2) is 6.47. The lowest BCUT2D eigenvalue weighted by Gasteiger charge is -2.00. The van der Waals surface area contributed by atoms with Crippen LogP contribution in [0.3, 0.4) is 0 Å². The van der Waals surface area contributed by atoms with Crippen molar-refractivity contribution in [2.45, 2.75) is 17.5 Å². The van der Waals surface area contributed by atoms with Crippen LogP contribution in [0.15, 0.2) is 34.0 Å². The van der Waals surface area contributed by atoms with Gasteiger partial charge in [-0.05, 0) is 12.1 Å². The molecule has 120 valence electrons. The van der Waals surface area contributed by atoms with Crippen LogP contribution in [0.1, 0.15) is 11.5 Å². The number of aromatic nitrogens is 4. The lowest BCUT2D eigenvalue weighted by Crippen LogP contribution is -1.98. The highest BCUT2D eigenvalue weighted by atomic mass is 32.2. The van der Waals surface area contributed by atoms with Gasteiger partial charge in [0.1, 0.15) is 30.1 Å². The molecule has 0 aliphatic heterocycles. The molecule has 0 aliphatic carbocycles. The molecule has 0 atom stereocenters. The molecular weight excluding hydrogens is 326 g/mol. The minimum Gasteiger partial charge on any atom is -0.444 e. The van der Waals surface area contributed by atoms with Gasteiger partial charge in [-0.25, -0.2) is 13.8 Å². The SMILES string of the molecule is Cn1c(CO)nnc1SCc1coc(-c2c(F)cccc2F)n1. The summed E-state index contributed by atoms with van der Waals surface area (Å²) in [6, 6.07) is 3.57. The molecule has 0 fully saturated rings. The minimum absolute atomic E-state index is 0.106. The van der Waals surface area contributed by atoms with E-state index in [1.807, 2.05) is 0 Å². The number of halogens is 2. The number of aliphatic hydroxyl groups is 1. The third kappa shape index (κ3) is 3.10. The van der Waals surface area contributed by atoms with E-state index in [2.05, 4.69) is 15.2 Å². The van der Waals surface area contributed by atoms with Gasteiger partial charge in [0.15, 0.2) is 11.0 Å². The highest BCUT2D eigenvalue weighted by Gasteiger charge is 2.17. The number of benzene rings is 1. The third-order valence-electron chi connectivity index (χ3n) is 3.14. The molecule has 6 nitrogen and oxygen atoms in total. The molecule has 0 spiro atoms. The van der Waals surface area contributed by atoms with Crippen molar-refractivity contribution in [1.82, 2.24) is 19.7 Å². The molecule has 0 radical (unpaired) electrons. The predicted molar refractivity (Wildman–Crippen MR) is 78.3 cm³/mol. The van der Waals surface area contributed by atoms with E-state index in [9.17, 15) is 8.78 Å². The zero-order valence-corrected chi connectivity index (χ0v) is 12.8. The second-order valence-corrected chi connectivity index (χ2v) is 5.59. The first kappa shape index (κ1) is 15.6. The Kier molecular flexibility index (Phi) is 4.39. The smallest absolute Gasteiger partial charge is 0.232 e. The Balaban J connectivity index is 1.76. The van der Waals surface area contributed by atoms with Crippen LogP contribution in [-0.2, 0) is 19.4 Å². The van der Waals surface area contributed by atoms with Crippen molar-refractivity contribution in [3.05, 3.63) is 47.6 Å². The molecule has 2 aromatic heterocycles. The van der Waals surface area contributed by atoms with Gasteiger partial charge in [-0.2, -0.15) is 0 Å². The van der Waals surface area contributed by atoms with E-state index in [4.69, 9.17) is 9.52 Å². The van der Waals surface area contributed by atoms with Gasteiger partial charge < -0.3 is 14.1 Å². The number of thioether (sulfide) groups is 1. The quantitative estimate of drug-likeness (QED) is 0.721. The zero-order chi connectivity index (χ0) is 16.4. The van der Waals surface area contributed by atoms with E-state index in [-0.39, 0.29) is 18.1 Å². The maximum atomic E-state index is 13.7. The van der Waals surface area contributed by atoms with Crippen molar-refractivity contribution in [1.29, 1.82) is 0 Å². The van der Waals surface area contributed by atoms with Crippen LogP contribution >= 0.6 is 11.8 Å². The fourth-order valence-corrected chi connectivity index (χ4v) is 2.74. The van der Waals surface area contributed by atoms with E-state index < -0.39 is 11.6 Å². The summed E-state index contributed by atoms with van der Waals surface area (Å²) in [5.74, 6) is -0.734. The molecule has 9 heteroatoms. The first-order valence-electron chi connectivity index (χ1n) is 6.61. The van der Waals surface area contributed by atoms with E-state index >= 15 is 0 Å². The molecule has 3 aromatic rings. The van der Waals surface area contributed by atoms with Gasteiger partial charge in [0.2, 0.25) is 5.89 Å². The molecule has 0 aliphatic rings. The van der Waals surface area contributed by atoms with Gasteiger partial charge in [0.25, 0.3) is 0 Å². The van der Waals surface area contributed by atoms with Crippen molar-refractivity contribution in [2.75, 3.05) is 0 Å². The molecule has 0 amide bonds. The van der Waals surface area contributed by atoms with Crippen LogP contribution in [0, 0.1) is 11.6 Å². The fraction of sp³-hybridized carbons (Fsp3) is 0.214. The summed E-state index contributed by atoms with van der Waals surface area (Å²) in [4.78, 5) is 4.10. The first-order chi connectivity index (χ1) is 11.1. The molecule has 1 aromatic carbocycles. The van der Waals surface area contributed by atoms with Gasteiger partial charge in [-0.15, -0.1) is 10.2 Å². The number of aliphatic hydroxyl groups excluding tert-OH is 1. The van der Waals surface area contributed by atoms with Crippen LogP contribution in [0.25, 0.3) is 11.5 Å². The highest BCUT2D eigenvalue weighted by Crippen LogP contribution is 2.27. The molecule has 0 saturated heterocycles. The van der Waals surface area contributed by atoms with Gasteiger partial charge in [0, 0.05) is 12.8 Å². The molecule has 3 rings (SSSR count). The molecule has 0 unspecified atom stereocenters. The normalized spacial score (nSPS) is 11.1. The van der Waals surface area contributed by atoms with Gasteiger partial charge in [-0.3, -0.25) is 0 Å². The Bertz CT molecular complexity index is 814. The van der Waals surface area contributed by atoms with E-state index in [1.54, 1.807) is 11.6 Å². The highest BCUT2D eigenvalue weighted by molar-refractivity contribution is 7.98. The fourth-order valence-electron chi connectivity index (χ4n) is 1.94. The van der Waals surface area contributed by atoms with Gasteiger partial charge in [-0.1, -0.05) is 17.8 Å². The number of nitrogens with zero attached hydrogens (tertiary/aromatic N) is 4. The van der Waals surface area contributed by atoms with E-state index in [0.717, 1.165) is 12.1 Å². The molecule has 0 saturated carbocycles. The number of hydrogen-bond acceptors (Lipinski definition) is 6. The maximum absolute atomic E-state index is 13.7. The summed E-state index contributed by atoms with van der Waals surface area (Å²) >= 11 is 1.32. The maximum Gasteiger partial charge on any atom is 0.232 e. The van der Waals surface area contributed by atoms with Gasteiger partial charge in [0.05, 0.1) is 5.69 Å². The van der Waals surface area contributed by atoms with E-state index in [1.165, 1.54) is 24.1 Å². The Morgan fingerprint density at radius 3 is 2.65 bits per heavy atom. The van der Waals surface area contributed by atoms with Crippen molar-refractivity contribution in [2.24, 2.45) is 7.05 Å². The zero-order valence-electron chi connectivity index (χ0n) is 12.0. The van der Waals surface area contributed by atoms with Crippen LogP contribution < -0.4 is 0 Å². The van der Waals surface area contributed by atoms with Crippen molar-refractivity contribution in [3.8, 4) is 11.5 Å². The van der Waals surface area contributed by atoms with Crippen LogP contribution in [0.5, 0.6) is 0 Å². The van der Waals surface area contributed by atoms with Crippen molar-refractivity contribution >= 4 is 11.8 Å². The average Bonchev–Trinajstić information content (AvgIpc) is 3.12. The number of rotatable bonds is 5. The summed E-state index contributed by atoms with van der Waals surface area (Å²) in [5, 5.41) is 17.4. The second-order valence-electron chi connectivity index (χ2n) is 4.65. The van der Waals surface area contributed by atoms with Crippen LogP contribution in [0.2, 0.25) is 0 Å². The van der Waals surface area contributed by atoms with Crippen LogP contribution in [0.4, 0.5) is 8.78 Å². The standard InChI is InChI=1S/C14H12F2N4O2S/c1-20-11(5-21)18-19-14(20)23-7-8-6-22-13(17-8)12-9(15)3-2-4-10(12)16/h2-4,6,21H,5,7H2,1H3. The topological polar surface area (TPSA) is 77.0 Å². The van der Waals surface area contributed by atoms with Crippen molar-refractivity contribution < 1.29 is 18.3 Å². The largest absolute Gasteiger partial charge is 0.444 e. The third-order valence-corrected chi connectivity index (χ3v) is 4.20. The lowest BCUT2D eigenvalue weighted by molar-refractivity contribution is 0.266. The Morgan fingerprint density at radius 1 is 1.26 bits per heavy atom. The van der Waals surface area contributed by atoms with Gasteiger partial charge >= 0.3 is 0 Å². The molecule has 2 heterocycles. The summed E-state index contributed by atoms with van der Waals surface area (Å²) in [6.07, 6.45) is 1.34. The molecular formula is C14H12F2N4O2S. The summed E-state index contributed by atoms with van der Waals surface area (Å²) in [5.41, 5.74) is 0.228. The predicted octanol–water partition coefficient (Wildman–Crippen LogP) is 2.53. The molecule has 1 N–H and O–H groups in total. The molecule has 23 heavy (non-hydrogen) atoms. The summed E-state index contributed by atoms with van der Waals surface area (Å²) < 4.78 is 34.2. The monoisotopic (exact) mass is 338 g/mol.